The molecule has 1 fully saturated rings. The van der Waals surface area contributed by atoms with E-state index in [1.165, 1.54) is 0 Å². The van der Waals surface area contributed by atoms with Crippen molar-refractivity contribution in [2.45, 2.75) is 18.9 Å². The van der Waals surface area contributed by atoms with E-state index in [4.69, 9.17) is 4.52 Å². The SMILES string of the molecule is CS(=O)(=O)NCCNC(=O)c1noc(C2CCCN2)n1. The van der Waals surface area contributed by atoms with E-state index in [-0.39, 0.29) is 25.0 Å². The highest BCUT2D eigenvalue weighted by Gasteiger charge is 2.24. The van der Waals surface area contributed by atoms with Gasteiger partial charge in [0.2, 0.25) is 15.9 Å². The Morgan fingerprint density at radius 1 is 1.50 bits per heavy atom. The van der Waals surface area contributed by atoms with E-state index in [0.717, 1.165) is 25.6 Å². The second kappa shape index (κ2) is 6.29. The predicted molar refractivity (Wildman–Crippen MR) is 69.5 cm³/mol. The number of nitrogens with one attached hydrogen (secondary N) is 3. The molecule has 0 saturated carbocycles. The Morgan fingerprint density at radius 3 is 2.95 bits per heavy atom. The Bertz CT molecular complexity index is 564. The van der Waals surface area contributed by atoms with Gasteiger partial charge in [-0.05, 0) is 19.4 Å². The first-order chi connectivity index (χ1) is 9.46. The van der Waals surface area contributed by atoms with Crippen molar-refractivity contribution in [3.8, 4) is 0 Å². The Hall–Kier alpha value is -1.52. The van der Waals surface area contributed by atoms with Crippen LogP contribution < -0.4 is 15.4 Å². The molecule has 2 rings (SSSR count). The fraction of sp³-hybridized carbons (Fsp3) is 0.700. The van der Waals surface area contributed by atoms with Gasteiger partial charge in [0.05, 0.1) is 12.3 Å². The van der Waals surface area contributed by atoms with Crippen LogP contribution in [-0.2, 0) is 10.0 Å². The molecule has 0 radical (unpaired) electrons. The van der Waals surface area contributed by atoms with E-state index < -0.39 is 15.9 Å². The summed E-state index contributed by atoms with van der Waals surface area (Å²) in [6.07, 6.45) is 2.99. The number of carbonyl (C=O) groups is 1. The maximum Gasteiger partial charge on any atom is 0.292 e. The standard InChI is InChI=1S/C10H17N5O4S/c1-20(17,18)13-6-5-12-9(16)8-14-10(19-15-8)7-3-2-4-11-7/h7,11,13H,2-6H2,1H3,(H,12,16). The molecule has 1 aliphatic heterocycles. The van der Waals surface area contributed by atoms with Crippen molar-refractivity contribution in [2.75, 3.05) is 25.9 Å². The molecule has 1 saturated heterocycles. The van der Waals surface area contributed by atoms with Crippen LogP contribution in [0, 0.1) is 0 Å². The van der Waals surface area contributed by atoms with E-state index in [1.807, 2.05) is 0 Å². The number of amides is 1. The molecule has 112 valence electrons. The minimum Gasteiger partial charge on any atom is -0.348 e. The zero-order chi connectivity index (χ0) is 14.6. The first kappa shape index (κ1) is 14.9. The summed E-state index contributed by atoms with van der Waals surface area (Å²) in [5.74, 6) is -0.136. The molecule has 1 aromatic rings. The van der Waals surface area contributed by atoms with E-state index >= 15 is 0 Å². The van der Waals surface area contributed by atoms with Crippen molar-refractivity contribution < 1.29 is 17.7 Å². The number of hydrogen-bond donors (Lipinski definition) is 3. The Balaban J connectivity index is 1.80. The van der Waals surface area contributed by atoms with Crippen molar-refractivity contribution in [3.05, 3.63) is 11.7 Å². The van der Waals surface area contributed by atoms with Crippen LogP contribution >= 0.6 is 0 Å². The first-order valence-electron chi connectivity index (χ1n) is 6.25. The van der Waals surface area contributed by atoms with E-state index in [2.05, 4.69) is 25.5 Å². The molecule has 0 bridgehead atoms. The van der Waals surface area contributed by atoms with Crippen LogP contribution in [0.1, 0.15) is 35.4 Å². The number of hydrogen-bond acceptors (Lipinski definition) is 7. The number of sulfonamides is 1. The van der Waals surface area contributed by atoms with Crippen LogP contribution in [0.15, 0.2) is 4.52 Å². The van der Waals surface area contributed by atoms with Gasteiger partial charge in [-0.3, -0.25) is 4.79 Å². The fourth-order valence-corrected chi connectivity index (χ4v) is 2.33. The van der Waals surface area contributed by atoms with Crippen LogP contribution in [0.4, 0.5) is 0 Å². The number of aromatic nitrogens is 2. The molecule has 9 nitrogen and oxygen atoms in total. The molecule has 1 aliphatic rings. The summed E-state index contributed by atoms with van der Waals surface area (Å²) in [5.41, 5.74) is 0. The summed E-state index contributed by atoms with van der Waals surface area (Å²) in [6.45, 7) is 1.16. The van der Waals surface area contributed by atoms with Gasteiger partial charge >= 0.3 is 0 Å². The molecule has 0 spiro atoms. The molecule has 0 aliphatic carbocycles. The average Bonchev–Trinajstić information content (AvgIpc) is 3.02. The number of rotatable bonds is 6. The van der Waals surface area contributed by atoms with Gasteiger partial charge in [0.1, 0.15) is 0 Å². The van der Waals surface area contributed by atoms with Gasteiger partial charge in [-0.1, -0.05) is 5.16 Å². The number of carbonyl (C=O) groups excluding carboxylic acids is 1. The lowest BCUT2D eigenvalue weighted by molar-refractivity contribution is 0.0941. The zero-order valence-electron chi connectivity index (χ0n) is 11.0. The molecular formula is C10H17N5O4S. The largest absolute Gasteiger partial charge is 0.348 e. The lowest BCUT2D eigenvalue weighted by Crippen LogP contribution is -2.34. The normalized spacial score (nSPS) is 19.1. The maximum absolute atomic E-state index is 11.7. The third-order valence-corrected chi connectivity index (χ3v) is 3.51. The summed E-state index contributed by atoms with van der Waals surface area (Å²) >= 11 is 0. The van der Waals surface area contributed by atoms with Crippen LogP contribution in [-0.4, -0.2) is 50.4 Å². The molecular weight excluding hydrogens is 286 g/mol. The van der Waals surface area contributed by atoms with Gasteiger partial charge in [-0.2, -0.15) is 4.98 Å². The second-order valence-corrected chi connectivity index (χ2v) is 6.36. The average molecular weight is 303 g/mol. The van der Waals surface area contributed by atoms with Crippen molar-refractivity contribution in [2.24, 2.45) is 0 Å². The predicted octanol–water partition coefficient (Wildman–Crippen LogP) is -1.23. The van der Waals surface area contributed by atoms with Crippen molar-refractivity contribution in [1.82, 2.24) is 25.5 Å². The van der Waals surface area contributed by atoms with Gasteiger partial charge in [-0.25, -0.2) is 13.1 Å². The molecule has 3 N–H and O–H groups in total. The summed E-state index contributed by atoms with van der Waals surface area (Å²) < 4.78 is 28.9. The highest BCUT2D eigenvalue weighted by Crippen LogP contribution is 2.20. The van der Waals surface area contributed by atoms with Crippen LogP contribution in [0.2, 0.25) is 0 Å². The Kier molecular flexibility index (Phi) is 4.68. The first-order valence-corrected chi connectivity index (χ1v) is 8.15. The van der Waals surface area contributed by atoms with Crippen molar-refractivity contribution >= 4 is 15.9 Å². The van der Waals surface area contributed by atoms with E-state index in [9.17, 15) is 13.2 Å². The van der Waals surface area contributed by atoms with Crippen LogP contribution in [0.3, 0.4) is 0 Å². The van der Waals surface area contributed by atoms with E-state index in [0.29, 0.717) is 5.89 Å². The van der Waals surface area contributed by atoms with Gasteiger partial charge in [0.25, 0.3) is 11.7 Å². The lowest BCUT2D eigenvalue weighted by Gasteiger charge is -2.03. The van der Waals surface area contributed by atoms with Crippen molar-refractivity contribution in [1.29, 1.82) is 0 Å². The van der Waals surface area contributed by atoms with Gasteiger partial charge in [0, 0.05) is 13.1 Å². The molecule has 10 heteroatoms. The number of nitrogens with zero attached hydrogens (tertiary/aromatic N) is 2. The second-order valence-electron chi connectivity index (χ2n) is 4.53. The third kappa shape index (κ3) is 4.25. The summed E-state index contributed by atoms with van der Waals surface area (Å²) in [7, 11) is -3.25. The molecule has 20 heavy (non-hydrogen) atoms. The fourth-order valence-electron chi connectivity index (χ4n) is 1.86. The topological polar surface area (TPSA) is 126 Å². The van der Waals surface area contributed by atoms with Gasteiger partial charge in [0.15, 0.2) is 0 Å². The summed E-state index contributed by atoms with van der Waals surface area (Å²) in [6, 6.07) is 0.0101. The Morgan fingerprint density at radius 2 is 2.30 bits per heavy atom. The van der Waals surface area contributed by atoms with Gasteiger partial charge < -0.3 is 15.2 Å². The third-order valence-electron chi connectivity index (χ3n) is 2.78. The molecule has 1 unspecified atom stereocenters. The van der Waals surface area contributed by atoms with Crippen LogP contribution in [0.25, 0.3) is 0 Å². The molecule has 2 heterocycles. The van der Waals surface area contributed by atoms with Gasteiger partial charge in [-0.15, -0.1) is 0 Å². The lowest BCUT2D eigenvalue weighted by atomic mass is 10.2. The summed E-state index contributed by atoms with van der Waals surface area (Å²) in [4.78, 5) is 15.7. The molecule has 1 aromatic heterocycles. The summed E-state index contributed by atoms with van der Waals surface area (Å²) in [5, 5.41) is 9.30. The van der Waals surface area contributed by atoms with Crippen LogP contribution in [0.5, 0.6) is 0 Å². The van der Waals surface area contributed by atoms with Crippen molar-refractivity contribution in [3.63, 3.8) is 0 Å². The monoisotopic (exact) mass is 303 g/mol. The van der Waals surface area contributed by atoms with E-state index in [1.54, 1.807) is 0 Å². The maximum atomic E-state index is 11.7. The minimum absolute atomic E-state index is 0.0101. The molecule has 0 aromatic carbocycles. The Labute approximate surface area is 116 Å². The highest BCUT2D eigenvalue weighted by atomic mass is 32.2. The quantitative estimate of drug-likeness (QED) is 0.562. The smallest absolute Gasteiger partial charge is 0.292 e. The molecule has 1 atom stereocenters. The highest BCUT2D eigenvalue weighted by molar-refractivity contribution is 7.88. The zero-order valence-corrected chi connectivity index (χ0v) is 11.9. The molecule has 1 amide bonds. The minimum atomic E-state index is -3.25.